The Balaban J connectivity index is 0.00000361. The van der Waals surface area contributed by atoms with E-state index in [2.05, 4.69) is 24.4 Å². The molecule has 4 heteroatoms. The topological polar surface area (TPSA) is 55.1 Å². The maximum Gasteiger partial charge on any atom is 0.230 e. The van der Waals surface area contributed by atoms with E-state index >= 15 is 0 Å². The third-order valence-corrected chi connectivity index (χ3v) is 3.66. The zero-order chi connectivity index (χ0) is 14.5. The number of benzene rings is 1. The van der Waals surface area contributed by atoms with Gasteiger partial charge in [-0.1, -0.05) is 38.1 Å². The molecule has 1 aromatic rings. The van der Waals surface area contributed by atoms with Crippen LogP contribution in [0.3, 0.4) is 0 Å². The molecular formula is C16H27ClN2O. The fourth-order valence-corrected chi connectivity index (χ4v) is 1.86. The molecule has 0 saturated heterocycles. The monoisotopic (exact) mass is 298 g/mol. The summed E-state index contributed by atoms with van der Waals surface area (Å²) in [4.78, 5) is 12.3. The molecule has 0 bridgehead atoms. The molecule has 1 unspecified atom stereocenters. The molecule has 3 N–H and O–H groups in total. The third-order valence-electron chi connectivity index (χ3n) is 3.66. The van der Waals surface area contributed by atoms with Gasteiger partial charge in [0.15, 0.2) is 0 Å². The van der Waals surface area contributed by atoms with Gasteiger partial charge in [0, 0.05) is 6.54 Å². The third kappa shape index (κ3) is 4.80. The highest BCUT2D eigenvalue weighted by molar-refractivity contribution is 5.87. The van der Waals surface area contributed by atoms with E-state index in [1.165, 1.54) is 5.56 Å². The minimum atomic E-state index is -0.513. The molecule has 0 aliphatic carbocycles. The standard InChI is InChI=1S/C16H26N2O.ClH/c1-5-13-6-8-14(9-7-13)16(3,4)15(19)18-11-12(2)10-17;/h6-9,12H,5,10-11,17H2,1-4H3,(H,18,19);1H. The number of carbonyl (C=O) groups excluding carboxylic acids is 1. The Kier molecular flexibility index (Phi) is 7.84. The van der Waals surface area contributed by atoms with Gasteiger partial charge in [0.1, 0.15) is 0 Å². The molecule has 3 nitrogen and oxygen atoms in total. The smallest absolute Gasteiger partial charge is 0.230 e. The molecule has 1 rings (SSSR count). The number of halogens is 1. The average Bonchev–Trinajstić information content (AvgIpc) is 2.44. The van der Waals surface area contributed by atoms with Gasteiger partial charge in [-0.15, -0.1) is 12.4 Å². The van der Waals surface area contributed by atoms with Crippen molar-refractivity contribution in [2.24, 2.45) is 11.7 Å². The van der Waals surface area contributed by atoms with Crippen LogP contribution in [0, 0.1) is 5.92 Å². The molecule has 0 fully saturated rings. The second-order valence-electron chi connectivity index (χ2n) is 5.73. The number of aryl methyl sites for hydroxylation is 1. The molecule has 114 valence electrons. The first-order chi connectivity index (χ1) is 8.91. The Labute approximate surface area is 128 Å². The van der Waals surface area contributed by atoms with Crippen LogP contribution in [0.5, 0.6) is 0 Å². The van der Waals surface area contributed by atoms with Crippen LogP contribution < -0.4 is 11.1 Å². The predicted octanol–water partition coefficient (Wildman–Crippen LogP) is 2.66. The molecule has 1 atom stereocenters. The van der Waals surface area contributed by atoms with Crippen LogP contribution in [0.2, 0.25) is 0 Å². The second kappa shape index (κ2) is 8.28. The molecule has 0 aliphatic heterocycles. The quantitative estimate of drug-likeness (QED) is 0.848. The van der Waals surface area contributed by atoms with Crippen LogP contribution in [0.1, 0.15) is 38.8 Å². The summed E-state index contributed by atoms with van der Waals surface area (Å²) in [7, 11) is 0. The Morgan fingerprint density at radius 2 is 1.85 bits per heavy atom. The first-order valence-corrected chi connectivity index (χ1v) is 6.99. The number of nitrogens with one attached hydrogen (secondary N) is 1. The Morgan fingerprint density at radius 3 is 2.30 bits per heavy atom. The highest BCUT2D eigenvalue weighted by Gasteiger charge is 2.29. The van der Waals surface area contributed by atoms with Gasteiger partial charge in [0.2, 0.25) is 5.91 Å². The van der Waals surface area contributed by atoms with Crippen molar-refractivity contribution in [1.82, 2.24) is 5.32 Å². The van der Waals surface area contributed by atoms with E-state index in [4.69, 9.17) is 5.73 Å². The fraction of sp³-hybridized carbons (Fsp3) is 0.562. The van der Waals surface area contributed by atoms with E-state index in [1.54, 1.807) is 0 Å². The lowest BCUT2D eigenvalue weighted by atomic mass is 9.83. The number of carbonyl (C=O) groups is 1. The van der Waals surface area contributed by atoms with Crippen LogP contribution >= 0.6 is 12.4 Å². The number of hydrogen-bond donors (Lipinski definition) is 2. The molecule has 0 aromatic heterocycles. The minimum absolute atomic E-state index is 0. The summed E-state index contributed by atoms with van der Waals surface area (Å²) >= 11 is 0. The summed E-state index contributed by atoms with van der Waals surface area (Å²) in [5.74, 6) is 0.360. The molecule has 0 aliphatic rings. The Hall–Kier alpha value is -1.06. The lowest BCUT2D eigenvalue weighted by Crippen LogP contribution is -2.42. The van der Waals surface area contributed by atoms with E-state index in [1.807, 2.05) is 32.9 Å². The predicted molar refractivity (Wildman–Crippen MR) is 87.3 cm³/mol. The van der Waals surface area contributed by atoms with Crippen molar-refractivity contribution >= 4 is 18.3 Å². The van der Waals surface area contributed by atoms with Crippen molar-refractivity contribution < 1.29 is 4.79 Å². The molecular weight excluding hydrogens is 272 g/mol. The number of hydrogen-bond acceptors (Lipinski definition) is 2. The van der Waals surface area contributed by atoms with Crippen molar-refractivity contribution in [2.45, 2.75) is 39.5 Å². The first kappa shape index (κ1) is 18.9. The summed E-state index contributed by atoms with van der Waals surface area (Å²) < 4.78 is 0. The molecule has 20 heavy (non-hydrogen) atoms. The van der Waals surface area contributed by atoms with Crippen LogP contribution in [-0.2, 0) is 16.6 Å². The summed E-state index contributed by atoms with van der Waals surface area (Å²) in [6, 6.07) is 8.27. The van der Waals surface area contributed by atoms with Gasteiger partial charge in [0.25, 0.3) is 0 Å². The minimum Gasteiger partial charge on any atom is -0.355 e. The maximum atomic E-state index is 12.3. The molecule has 1 amide bonds. The van der Waals surface area contributed by atoms with Crippen molar-refractivity contribution in [1.29, 1.82) is 0 Å². The van der Waals surface area contributed by atoms with E-state index in [0.29, 0.717) is 19.0 Å². The second-order valence-corrected chi connectivity index (χ2v) is 5.73. The Morgan fingerprint density at radius 1 is 1.30 bits per heavy atom. The van der Waals surface area contributed by atoms with Gasteiger partial charge in [-0.25, -0.2) is 0 Å². The highest BCUT2D eigenvalue weighted by atomic mass is 35.5. The summed E-state index contributed by atoms with van der Waals surface area (Å²) in [6.07, 6.45) is 1.01. The van der Waals surface area contributed by atoms with Crippen LogP contribution in [0.25, 0.3) is 0 Å². The van der Waals surface area contributed by atoms with Crippen LogP contribution in [0.4, 0.5) is 0 Å². The molecule has 0 heterocycles. The van der Waals surface area contributed by atoms with Gasteiger partial charge in [-0.05, 0) is 43.9 Å². The normalized spacial score (nSPS) is 12.4. The molecule has 0 radical (unpaired) electrons. The lowest BCUT2D eigenvalue weighted by molar-refractivity contribution is -0.125. The zero-order valence-electron chi connectivity index (χ0n) is 12.9. The van der Waals surface area contributed by atoms with Gasteiger partial charge in [-0.3, -0.25) is 4.79 Å². The number of nitrogens with two attached hydrogens (primary N) is 1. The fourth-order valence-electron chi connectivity index (χ4n) is 1.86. The first-order valence-electron chi connectivity index (χ1n) is 6.99. The highest BCUT2D eigenvalue weighted by Crippen LogP contribution is 2.24. The van der Waals surface area contributed by atoms with E-state index in [-0.39, 0.29) is 18.3 Å². The van der Waals surface area contributed by atoms with Crippen molar-refractivity contribution in [3.63, 3.8) is 0 Å². The van der Waals surface area contributed by atoms with E-state index in [9.17, 15) is 4.79 Å². The molecule has 0 saturated carbocycles. The van der Waals surface area contributed by atoms with Crippen LogP contribution in [-0.4, -0.2) is 19.0 Å². The van der Waals surface area contributed by atoms with Gasteiger partial charge < -0.3 is 11.1 Å². The van der Waals surface area contributed by atoms with Crippen LogP contribution in [0.15, 0.2) is 24.3 Å². The van der Waals surface area contributed by atoms with Gasteiger partial charge in [0.05, 0.1) is 5.41 Å². The number of amides is 1. The van der Waals surface area contributed by atoms with Gasteiger partial charge in [-0.2, -0.15) is 0 Å². The van der Waals surface area contributed by atoms with Crippen molar-refractivity contribution in [2.75, 3.05) is 13.1 Å². The molecule has 1 aromatic carbocycles. The van der Waals surface area contributed by atoms with Crippen molar-refractivity contribution in [3.8, 4) is 0 Å². The van der Waals surface area contributed by atoms with Gasteiger partial charge >= 0.3 is 0 Å². The summed E-state index contributed by atoms with van der Waals surface area (Å²) in [5, 5.41) is 2.98. The van der Waals surface area contributed by atoms with E-state index < -0.39 is 5.41 Å². The number of rotatable bonds is 6. The summed E-state index contributed by atoms with van der Waals surface area (Å²) in [5.41, 5.74) is 7.38. The summed E-state index contributed by atoms with van der Waals surface area (Å²) in [6.45, 7) is 9.29. The average molecular weight is 299 g/mol. The SMILES string of the molecule is CCc1ccc(C(C)(C)C(=O)NCC(C)CN)cc1.Cl. The lowest BCUT2D eigenvalue weighted by Gasteiger charge is -2.25. The zero-order valence-corrected chi connectivity index (χ0v) is 13.7. The van der Waals surface area contributed by atoms with Crippen molar-refractivity contribution in [3.05, 3.63) is 35.4 Å². The maximum absolute atomic E-state index is 12.3. The van der Waals surface area contributed by atoms with E-state index in [0.717, 1.165) is 12.0 Å². The molecule has 0 spiro atoms. The largest absolute Gasteiger partial charge is 0.355 e. The Bertz CT molecular complexity index is 415.